The monoisotopic (exact) mass is 248 g/mol. The molecule has 0 unspecified atom stereocenters. The van der Waals surface area contributed by atoms with Gasteiger partial charge in [0.15, 0.2) is 5.82 Å². The molecular formula is C12H16N4S. The highest BCUT2D eigenvalue weighted by Crippen LogP contribution is 2.19. The van der Waals surface area contributed by atoms with Gasteiger partial charge in [-0.2, -0.15) is 0 Å². The molecule has 0 saturated carbocycles. The van der Waals surface area contributed by atoms with E-state index in [1.165, 1.54) is 4.88 Å². The van der Waals surface area contributed by atoms with Crippen LogP contribution in [0.15, 0.2) is 29.9 Å². The minimum absolute atomic E-state index is 0.421. The number of nitrogens with two attached hydrogens (primary N) is 1. The van der Waals surface area contributed by atoms with E-state index in [1.807, 2.05) is 0 Å². The first-order valence-corrected chi connectivity index (χ1v) is 6.50. The lowest BCUT2D eigenvalue weighted by Gasteiger charge is -2.22. The summed E-state index contributed by atoms with van der Waals surface area (Å²) >= 11 is 1.75. The van der Waals surface area contributed by atoms with Gasteiger partial charge in [-0.25, -0.2) is 4.98 Å². The van der Waals surface area contributed by atoms with Crippen LogP contribution >= 0.6 is 11.3 Å². The van der Waals surface area contributed by atoms with Gasteiger partial charge in [0.1, 0.15) is 0 Å². The van der Waals surface area contributed by atoms with Gasteiger partial charge in [0.25, 0.3) is 0 Å². The summed E-state index contributed by atoms with van der Waals surface area (Å²) in [6.07, 6.45) is 3.40. The Labute approximate surface area is 105 Å². The number of hydrogen-bond donors (Lipinski definition) is 1. The van der Waals surface area contributed by atoms with Crippen molar-refractivity contribution in [3.63, 3.8) is 0 Å². The number of anilines is 1. The molecule has 0 aliphatic heterocycles. The number of aromatic nitrogens is 2. The molecule has 0 amide bonds. The van der Waals surface area contributed by atoms with E-state index in [9.17, 15) is 0 Å². The number of rotatable bonds is 5. The molecule has 90 valence electrons. The third-order valence-electron chi connectivity index (χ3n) is 2.55. The summed E-state index contributed by atoms with van der Waals surface area (Å²) in [5.74, 6) is 0.894. The zero-order chi connectivity index (χ0) is 12.1. The fourth-order valence-corrected chi connectivity index (χ4v) is 2.41. The lowest BCUT2D eigenvalue weighted by molar-refractivity contribution is 0.797. The van der Waals surface area contributed by atoms with Crippen molar-refractivity contribution >= 4 is 17.2 Å². The minimum Gasteiger partial charge on any atom is -0.350 e. The number of nitrogens with zero attached hydrogens (tertiary/aromatic N) is 3. The molecule has 2 aromatic heterocycles. The molecule has 0 radical (unpaired) electrons. The molecule has 0 spiro atoms. The fraction of sp³-hybridized carbons (Fsp3) is 0.333. The molecule has 0 aliphatic carbocycles. The molecule has 4 nitrogen and oxygen atoms in total. The van der Waals surface area contributed by atoms with Gasteiger partial charge < -0.3 is 10.6 Å². The van der Waals surface area contributed by atoms with E-state index in [0.29, 0.717) is 6.54 Å². The summed E-state index contributed by atoms with van der Waals surface area (Å²) < 4.78 is 0. The van der Waals surface area contributed by atoms with Crippen LogP contribution in [0.25, 0.3) is 0 Å². The van der Waals surface area contributed by atoms with Crippen molar-refractivity contribution in [1.29, 1.82) is 0 Å². The second-order valence-corrected chi connectivity index (χ2v) is 4.66. The van der Waals surface area contributed by atoms with Gasteiger partial charge in [-0.05, 0) is 18.4 Å². The summed E-state index contributed by atoms with van der Waals surface area (Å²) in [7, 11) is 0. The third-order valence-corrected chi connectivity index (χ3v) is 3.41. The quantitative estimate of drug-likeness (QED) is 0.879. The Hall–Kier alpha value is -1.46. The van der Waals surface area contributed by atoms with Crippen molar-refractivity contribution in [2.45, 2.75) is 20.0 Å². The molecule has 2 aromatic rings. The van der Waals surface area contributed by atoms with Crippen molar-refractivity contribution in [3.05, 3.63) is 40.5 Å². The molecular weight excluding hydrogens is 232 g/mol. The lowest BCUT2D eigenvalue weighted by Crippen LogP contribution is -2.25. The summed E-state index contributed by atoms with van der Waals surface area (Å²) in [4.78, 5) is 12.2. The number of thiophene rings is 1. The lowest BCUT2D eigenvalue weighted by atomic mass is 10.3. The van der Waals surface area contributed by atoms with Crippen molar-refractivity contribution in [3.8, 4) is 0 Å². The van der Waals surface area contributed by atoms with Gasteiger partial charge in [0, 0.05) is 30.4 Å². The summed E-state index contributed by atoms with van der Waals surface area (Å²) in [5.41, 5.74) is 6.54. The van der Waals surface area contributed by atoms with Gasteiger partial charge in [0.2, 0.25) is 0 Å². The van der Waals surface area contributed by atoms with Crippen LogP contribution in [0.4, 0.5) is 5.82 Å². The van der Waals surface area contributed by atoms with E-state index in [0.717, 1.165) is 24.6 Å². The molecule has 2 heterocycles. The van der Waals surface area contributed by atoms with Crippen molar-refractivity contribution in [1.82, 2.24) is 9.97 Å². The van der Waals surface area contributed by atoms with Crippen LogP contribution in [-0.2, 0) is 13.1 Å². The van der Waals surface area contributed by atoms with E-state index in [4.69, 9.17) is 5.73 Å². The largest absolute Gasteiger partial charge is 0.350 e. The Morgan fingerprint density at radius 3 is 2.82 bits per heavy atom. The molecule has 0 fully saturated rings. The molecule has 2 rings (SSSR count). The average Bonchev–Trinajstić information content (AvgIpc) is 2.89. The first-order chi connectivity index (χ1) is 8.35. The smallest absolute Gasteiger partial charge is 0.151 e. The van der Waals surface area contributed by atoms with Crippen LogP contribution in [0.3, 0.4) is 0 Å². The normalized spacial score (nSPS) is 10.5. The van der Waals surface area contributed by atoms with E-state index >= 15 is 0 Å². The standard InChI is InChI=1S/C12H16N4S/c1-2-16(9-10-4-3-7-17-10)12-11(8-13)14-5-6-15-12/h3-7H,2,8-9,13H2,1H3. The molecule has 5 heteroatoms. The predicted octanol–water partition coefficient (Wildman–Crippen LogP) is 2.02. The second kappa shape index (κ2) is 5.75. The number of hydrogen-bond acceptors (Lipinski definition) is 5. The third kappa shape index (κ3) is 2.81. The van der Waals surface area contributed by atoms with E-state index in [-0.39, 0.29) is 0 Å². The molecule has 0 aliphatic rings. The Morgan fingerprint density at radius 2 is 2.18 bits per heavy atom. The van der Waals surface area contributed by atoms with Gasteiger partial charge in [0.05, 0.1) is 12.2 Å². The zero-order valence-electron chi connectivity index (χ0n) is 9.84. The van der Waals surface area contributed by atoms with Crippen LogP contribution in [0.1, 0.15) is 17.5 Å². The highest BCUT2D eigenvalue weighted by atomic mass is 32.1. The van der Waals surface area contributed by atoms with Crippen LogP contribution in [0, 0.1) is 0 Å². The topological polar surface area (TPSA) is 55.0 Å². The van der Waals surface area contributed by atoms with Gasteiger partial charge in [-0.1, -0.05) is 6.07 Å². The zero-order valence-corrected chi connectivity index (χ0v) is 10.7. The fourth-order valence-electron chi connectivity index (χ4n) is 1.69. The molecule has 2 N–H and O–H groups in total. The summed E-state index contributed by atoms with van der Waals surface area (Å²) in [6.45, 7) is 4.29. The first kappa shape index (κ1) is 12.0. The van der Waals surface area contributed by atoms with Crippen LogP contribution in [-0.4, -0.2) is 16.5 Å². The van der Waals surface area contributed by atoms with Gasteiger partial charge >= 0.3 is 0 Å². The second-order valence-electron chi connectivity index (χ2n) is 3.62. The highest BCUT2D eigenvalue weighted by molar-refractivity contribution is 7.09. The Kier molecular flexibility index (Phi) is 4.06. The Morgan fingerprint density at radius 1 is 1.35 bits per heavy atom. The molecule has 0 atom stereocenters. The molecule has 0 bridgehead atoms. The maximum Gasteiger partial charge on any atom is 0.151 e. The van der Waals surface area contributed by atoms with Crippen LogP contribution in [0.5, 0.6) is 0 Å². The van der Waals surface area contributed by atoms with E-state index in [2.05, 4.69) is 39.3 Å². The first-order valence-electron chi connectivity index (χ1n) is 5.62. The molecule has 0 saturated heterocycles. The van der Waals surface area contributed by atoms with Gasteiger partial charge in [-0.15, -0.1) is 11.3 Å². The molecule has 17 heavy (non-hydrogen) atoms. The summed E-state index contributed by atoms with van der Waals surface area (Å²) in [6, 6.07) is 4.19. The van der Waals surface area contributed by atoms with E-state index in [1.54, 1.807) is 23.7 Å². The van der Waals surface area contributed by atoms with Crippen LogP contribution in [0.2, 0.25) is 0 Å². The van der Waals surface area contributed by atoms with Crippen LogP contribution < -0.4 is 10.6 Å². The van der Waals surface area contributed by atoms with Crippen molar-refractivity contribution in [2.24, 2.45) is 5.73 Å². The average molecular weight is 248 g/mol. The van der Waals surface area contributed by atoms with E-state index < -0.39 is 0 Å². The maximum atomic E-state index is 5.69. The van der Waals surface area contributed by atoms with Crippen molar-refractivity contribution < 1.29 is 0 Å². The predicted molar refractivity (Wildman–Crippen MR) is 71.0 cm³/mol. The summed E-state index contributed by atoms with van der Waals surface area (Å²) in [5, 5.41) is 2.09. The Balaban J connectivity index is 2.22. The van der Waals surface area contributed by atoms with Gasteiger partial charge in [-0.3, -0.25) is 4.98 Å². The Bertz CT molecular complexity index is 455. The maximum absolute atomic E-state index is 5.69. The highest BCUT2D eigenvalue weighted by Gasteiger charge is 2.12. The SMILES string of the molecule is CCN(Cc1cccs1)c1nccnc1CN. The minimum atomic E-state index is 0.421. The van der Waals surface area contributed by atoms with Crippen molar-refractivity contribution in [2.75, 3.05) is 11.4 Å². The molecule has 0 aromatic carbocycles.